The van der Waals surface area contributed by atoms with E-state index in [1.807, 2.05) is 30.3 Å². The molecule has 0 spiro atoms. The Bertz CT molecular complexity index is 1100. The number of halogens is 3. The summed E-state index contributed by atoms with van der Waals surface area (Å²) in [7, 11) is 0. The second-order valence-corrected chi connectivity index (χ2v) is 10.2. The Kier molecular flexibility index (Phi) is 7.26. The van der Waals surface area contributed by atoms with Crippen molar-refractivity contribution < 1.29 is 31.9 Å². The van der Waals surface area contributed by atoms with Gasteiger partial charge in [-0.3, -0.25) is 9.59 Å². The molecule has 0 aliphatic carbocycles. The zero-order chi connectivity index (χ0) is 26.2. The quantitative estimate of drug-likeness (QED) is 0.603. The van der Waals surface area contributed by atoms with Gasteiger partial charge in [0.15, 0.2) is 11.6 Å². The van der Waals surface area contributed by atoms with E-state index < -0.39 is 23.5 Å². The third-order valence-corrected chi connectivity index (χ3v) is 7.60. The lowest BCUT2D eigenvalue weighted by molar-refractivity contribution is -0.153. The molecule has 37 heavy (non-hydrogen) atoms. The van der Waals surface area contributed by atoms with E-state index in [2.05, 4.69) is 15.2 Å². The number of nitrogens with one attached hydrogen (secondary N) is 1. The highest BCUT2D eigenvalue weighted by Crippen LogP contribution is 2.36. The van der Waals surface area contributed by atoms with Crippen LogP contribution < -0.4 is 5.32 Å². The van der Waals surface area contributed by atoms with E-state index in [9.17, 15) is 22.8 Å². The molecular weight excluding hydrogens is 489 g/mol. The number of fused-ring (bicyclic) bond motifs is 1. The summed E-state index contributed by atoms with van der Waals surface area (Å²) in [5.41, 5.74) is 0.394. The van der Waals surface area contributed by atoms with Gasteiger partial charge >= 0.3 is 6.18 Å². The lowest BCUT2D eigenvalue weighted by Gasteiger charge is -2.25. The van der Waals surface area contributed by atoms with Gasteiger partial charge in [-0.05, 0) is 30.2 Å². The maximum absolute atomic E-state index is 13.3. The second kappa shape index (κ2) is 10.4. The van der Waals surface area contributed by atoms with E-state index in [1.54, 1.807) is 0 Å². The number of carbonyl (C=O) groups excluding carboxylic acids is 2. The summed E-state index contributed by atoms with van der Waals surface area (Å²) in [5, 5.41) is 3.20. The van der Waals surface area contributed by atoms with Crippen LogP contribution in [0.1, 0.15) is 46.6 Å². The monoisotopic (exact) mass is 520 g/mol. The summed E-state index contributed by atoms with van der Waals surface area (Å²) < 4.78 is 49.9. The molecule has 3 aliphatic heterocycles. The smallest absolute Gasteiger partial charge is 0.436 e. The molecule has 0 saturated carbocycles. The number of oxazole rings is 1. The van der Waals surface area contributed by atoms with Crippen LogP contribution >= 0.6 is 0 Å². The molecule has 5 rings (SSSR count). The Morgan fingerprint density at radius 1 is 1.14 bits per heavy atom. The zero-order valence-electron chi connectivity index (χ0n) is 20.7. The summed E-state index contributed by atoms with van der Waals surface area (Å²) in [5.74, 6) is -1.97. The standard InChI is InChI=1S/C26H31F3N4O4/c1-16-30-22(23(37-16)26(27,28)29)25(35)33-13-19-11-32(12-20(19)14-33)9-7-21(17-5-3-2-4-6-17)31-24(34)18-8-10-36-15-18/h2-6,18-21H,7-15H2,1H3,(H,31,34)/t18?,19?,20?,21-/m0/s1. The van der Waals surface area contributed by atoms with Gasteiger partial charge in [-0.15, -0.1) is 0 Å². The first-order valence-electron chi connectivity index (χ1n) is 12.7. The SMILES string of the molecule is Cc1nc(C(=O)N2CC3CN(CC[C@H](NC(=O)C4CCOC4)c4ccccc4)CC3C2)c(C(F)(F)F)o1. The van der Waals surface area contributed by atoms with Gasteiger partial charge < -0.3 is 24.3 Å². The first-order chi connectivity index (χ1) is 17.7. The summed E-state index contributed by atoms with van der Waals surface area (Å²) >= 11 is 0. The van der Waals surface area contributed by atoms with Crippen LogP contribution in [0.2, 0.25) is 0 Å². The number of ether oxygens (including phenoxy) is 1. The van der Waals surface area contributed by atoms with E-state index in [4.69, 9.17) is 9.15 Å². The number of aromatic nitrogens is 1. The molecule has 1 aromatic carbocycles. The predicted octanol–water partition coefficient (Wildman–Crippen LogP) is 3.29. The lowest BCUT2D eigenvalue weighted by Crippen LogP contribution is -2.37. The van der Waals surface area contributed by atoms with Crippen LogP contribution in [0.3, 0.4) is 0 Å². The molecule has 3 saturated heterocycles. The number of nitrogens with zero attached hydrogens (tertiary/aromatic N) is 3. The molecule has 8 nitrogen and oxygen atoms in total. The maximum Gasteiger partial charge on any atom is 0.452 e. The van der Waals surface area contributed by atoms with Crippen LogP contribution in [0.15, 0.2) is 34.7 Å². The summed E-state index contributed by atoms with van der Waals surface area (Å²) in [6.07, 6.45) is -3.30. The number of rotatable bonds is 7. The predicted molar refractivity (Wildman–Crippen MR) is 126 cm³/mol. The fourth-order valence-electron chi connectivity index (χ4n) is 5.70. The van der Waals surface area contributed by atoms with E-state index in [0.717, 1.165) is 38.0 Å². The van der Waals surface area contributed by atoms with Crippen molar-refractivity contribution in [2.45, 2.75) is 32.0 Å². The Morgan fingerprint density at radius 3 is 2.46 bits per heavy atom. The topological polar surface area (TPSA) is 87.9 Å². The first-order valence-corrected chi connectivity index (χ1v) is 12.7. The van der Waals surface area contributed by atoms with Crippen molar-refractivity contribution in [2.75, 3.05) is 45.9 Å². The Labute approximate surface area is 213 Å². The van der Waals surface area contributed by atoms with Crippen molar-refractivity contribution in [2.24, 2.45) is 17.8 Å². The second-order valence-electron chi connectivity index (χ2n) is 10.2. The molecule has 11 heteroatoms. The largest absolute Gasteiger partial charge is 0.452 e. The number of likely N-dealkylation sites (tertiary alicyclic amines) is 2. The molecular formula is C26H31F3N4O4. The number of aryl methyl sites for hydroxylation is 1. The molecule has 200 valence electrons. The minimum absolute atomic E-state index is 0.0140. The number of hydrogen-bond acceptors (Lipinski definition) is 6. The van der Waals surface area contributed by atoms with Gasteiger partial charge in [0.25, 0.3) is 5.91 Å². The highest BCUT2D eigenvalue weighted by atomic mass is 19.4. The highest BCUT2D eigenvalue weighted by molar-refractivity contribution is 5.93. The molecule has 4 atom stereocenters. The van der Waals surface area contributed by atoms with Crippen LogP contribution in [0.5, 0.6) is 0 Å². The molecule has 1 N–H and O–H groups in total. The van der Waals surface area contributed by atoms with Crippen molar-refractivity contribution in [3.8, 4) is 0 Å². The maximum atomic E-state index is 13.3. The minimum atomic E-state index is -4.77. The molecule has 2 amide bonds. The van der Waals surface area contributed by atoms with Crippen molar-refractivity contribution in [3.63, 3.8) is 0 Å². The number of alkyl halides is 3. The first kappa shape index (κ1) is 25.7. The van der Waals surface area contributed by atoms with Gasteiger partial charge in [-0.2, -0.15) is 13.2 Å². The van der Waals surface area contributed by atoms with Gasteiger partial charge in [0.2, 0.25) is 11.7 Å². The summed E-state index contributed by atoms with van der Waals surface area (Å²) in [6, 6.07) is 9.76. The molecule has 3 aliphatic rings. The molecule has 0 bridgehead atoms. The van der Waals surface area contributed by atoms with Crippen LogP contribution in [-0.4, -0.2) is 72.5 Å². The Hall–Kier alpha value is -2.92. The Morgan fingerprint density at radius 2 is 1.84 bits per heavy atom. The van der Waals surface area contributed by atoms with Gasteiger partial charge in [0, 0.05) is 46.3 Å². The van der Waals surface area contributed by atoms with Gasteiger partial charge in [0.05, 0.1) is 18.6 Å². The van der Waals surface area contributed by atoms with E-state index >= 15 is 0 Å². The molecule has 3 unspecified atom stereocenters. The van der Waals surface area contributed by atoms with Gasteiger partial charge in [0.1, 0.15) is 0 Å². The third-order valence-electron chi connectivity index (χ3n) is 7.60. The van der Waals surface area contributed by atoms with Crippen molar-refractivity contribution in [1.29, 1.82) is 0 Å². The van der Waals surface area contributed by atoms with Crippen molar-refractivity contribution in [3.05, 3.63) is 53.2 Å². The number of hydrogen-bond donors (Lipinski definition) is 1. The van der Waals surface area contributed by atoms with E-state index in [1.165, 1.54) is 11.8 Å². The average Bonchev–Trinajstić information content (AvgIpc) is 3.65. The fraction of sp³-hybridized carbons (Fsp3) is 0.577. The zero-order valence-corrected chi connectivity index (χ0v) is 20.7. The summed E-state index contributed by atoms with van der Waals surface area (Å²) in [4.78, 5) is 33.1. The number of amides is 2. The number of carbonyl (C=O) groups is 2. The van der Waals surface area contributed by atoms with Crippen molar-refractivity contribution in [1.82, 2.24) is 20.1 Å². The van der Waals surface area contributed by atoms with Gasteiger partial charge in [-0.1, -0.05) is 30.3 Å². The Balaban J connectivity index is 1.17. The van der Waals surface area contributed by atoms with E-state index in [0.29, 0.717) is 26.3 Å². The minimum Gasteiger partial charge on any atom is -0.436 e. The van der Waals surface area contributed by atoms with Crippen LogP contribution in [0, 0.1) is 24.7 Å². The van der Waals surface area contributed by atoms with Crippen LogP contribution in [0.4, 0.5) is 13.2 Å². The van der Waals surface area contributed by atoms with Gasteiger partial charge in [-0.25, -0.2) is 4.98 Å². The normalized spacial score (nSPS) is 24.9. The number of benzene rings is 1. The highest BCUT2D eigenvalue weighted by Gasteiger charge is 2.46. The average molecular weight is 521 g/mol. The fourth-order valence-corrected chi connectivity index (χ4v) is 5.70. The molecule has 4 heterocycles. The molecule has 3 fully saturated rings. The lowest BCUT2D eigenvalue weighted by atomic mass is 10.0. The molecule has 0 radical (unpaired) electrons. The van der Waals surface area contributed by atoms with Crippen LogP contribution in [-0.2, 0) is 15.7 Å². The third kappa shape index (κ3) is 5.67. The molecule has 1 aromatic heterocycles. The van der Waals surface area contributed by atoms with Crippen LogP contribution in [0.25, 0.3) is 0 Å². The van der Waals surface area contributed by atoms with E-state index in [-0.39, 0.29) is 35.6 Å². The van der Waals surface area contributed by atoms with Crippen molar-refractivity contribution >= 4 is 11.8 Å². The summed E-state index contributed by atoms with van der Waals surface area (Å²) in [6.45, 7) is 5.43. The molecule has 2 aromatic rings.